The SMILES string of the molecule is CNC(=O)C(NC(=O)c1ccc(C#CC#CC2CC(CO)C2)cc1)C(=O)NO. The van der Waals surface area contributed by atoms with Crippen molar-refractivity contribution in [3.05, 3.63) is 35.4 Å². The molecule has 1 unspecified atom stereocenters. The summed E-state index contributed by atoms with van der Waals surface area (Å²) in [6, 6.07) is 4.69. The molecule has 0 aromatic heterocycles. The first-order valence-corrected chi connectivity index (χ1v) is 8.67. The van der Waals surface area contributed by atoms with E-state index in [-0.39, 0.29) is 12.2 Å². The zero-order chi connectivity index (χ0) is 20.5. The topological polar surface area (TPSA) is 128 Å². The van der Waals surface area contributed by atoms with E-state index in [1.165, 1.54) is 24.7 Å². The number of likely N-dealkylation sites (N-methyl/N-ethyl adjacent to an activating group) is 1. The number of carbonyl (C=O) groups is 3. The van der Waals surface area contributed by atoms with Crippen LogP contribution >= 0.6 is 0 Å². The summed E-state index contributed by atoms with van der Waals surface area (Å²) in [5.41, 5.74) is 2.22. The zero-order valence-corrected chi connectivity index (χ0v) is 15.3. The van der Waals surface area contributed by atoms with E-state index in [1.54, 1.807) is 12.1 Å². The highest BCUT2D eigenvalue weighted by Crippen LogP contribution is 2.32. The maximum absolute atomic E-state index is 12.2. The molecule has 1 aromatic rings. The largest absolute Gasteiger partial charge is 0.396 e. The van der Waals surface area contributed by atoms with Gasteiger partial charge in [-0.15, -0.1) is 0 Å². The molecule has 5 N–H and O–H groups in total. The Labute approximate surface area is 162 Å². The van der Waals surface area contributed by atoms with Crippen molar-refractivity contribution in [2.75, 3.05) is 13.7 Å². The van der Waals surface area contributed by atoms with Gasteiger partial charge in [-0.3, -0.25) is 19.6 Å². The molecule has 1 fully saturated rings. The van der Waals surface area contributed by atoms with Crippen LogP contribution in [0.15, 0.2) is 24.3 Å². The first-order valence-electron chi connectivity index (χ1n) is 8.67. The Kier molecular flexibility index (Phi) is 7.58. The minimum Gasteiger partial charge on any atom is -0.396 e. The first kappa shape index (κ1) is 21.0. The van der Waals surface area contributed by atoms with Gasteiger partial charge in [-0.25, -0.2) is 5.48 Å². The van der Waals surface area contributed by atoms with E-state index in [1.807, 2.05) is 0 Å². The number of hydrogen-bond donors (Lipinski definition) is 5. The number of aliphatic hydroxyl groups excluding tert-OH is 1. The van der Waals surface area contributed by atoms with Gasteiger partial charge in [-0.2, -0.15) is 0 Å². The third-order valence-corrected chi connectivity index (χ3v) is 4.34. The Morgan fingerprint density at radius 3 is 2.39 bits per heavy atom. The first-order chi connectivity index (χ1) is 13.5. The van der Waals surface area contributed by atoms with Crippen molar-refractivity contribution in [1.29, 1.82) is 0 Å². The summed E-state index contributed by atoms with van der Waals surface area (Å²) in [5, 5.41) is 22.1. The summed E-state index contributed by atoms with van der Waals surface area (Å²) in [5.74, 6) is 9.64. The molecule has 0 spiro atoms. The molecule has 8 heteroatoms. The van der Waals surface area contributed by atoms with Crippen LogP contribution in [0, 0.1) is 35.5 Å². The smallest absolute Gasteiger partial charge is 0.275 e. The van der Waals surface area contributed by atoms with Gasteiger partial charge in [0.1, 0.15) is 0 Å². The second kappa shape index (κ2) is 10.1. The number of carbonyl (C=O) groups excluding carboxylic acids is 3. The number of amides is 3. The Morgan fingerprint density at radius 2 is 1.82 bits per heavy atom. The lowest BCUT2D eigenvalue weighted by atomic mass is 9.76. The van der Waals surface area contributed by atoms with Crippen LogP contribution in [-0.2, 0) is 9.59 Å². The molecule has 0 radical (unpaired) electrons. The summed E-state index contributed by atoms with van der Waals surface area (Å²) in [7, 11) is 1.30. The summed E-state index contributed by atoms with van der Waals surface area (Å²) >= 11 is 0. The number of hydroxylamine groups is 1. The van der Waals surface area contributed by atoms with Crippen LogP contribution in [0.2, 0.25) is 0 Å². The molecule has 1 aliphatic carbocycles. The number of rotatable bonds is 5. The molecule has 3 amide bonds. The van der Waals surface area contributed by atoms with Gasteiger partial charge in [0, 0.05) is 30.7 Å². The maximum Gasteiger partial charge on any atom is 0.275 e. The third kappa shape index (κ3) is 5.58. The van der Waals surface area contributed by atoms with Crippen LogP contribution in [0.5, 0.6) is 0 Å². The molecule has 1 aromatic carbocycles. The normalized spacial score (nSPS) is 18.1. The number of aliphatic hydroxyl groups is 1. The van der Waals surface area contributed by atoms with Gasteiger partial charge < -0.3 is 15.7 Å². The lowest BCUT2D eigenvalue weighted by Crippen LogP contribution is -2.54. The minimum atomic E-state index is -1.56. The Balaban J connectivity index is 1.95. The van der Waals surface area contributed by atoms with Crippen LogP contribution in [0.3, 0.4) is 0 Å². The highest BCUT2D eigenvalue weighted by atomic mass is 16.5. The van der Waals surface area contributed by atoms with E-state index >= 15 is 0 Å². The molecule has 0 saturated heterocycles. The van der Waals surface area contributed by atoms with Crippen LogP contribution in [0.4, 0.5) is 0 Å². The van der Waals surface area contributed by atoms with Gasteiger partial charge in [0.15, 0.2) is 6.04 Å². The lowest BCUT2D eigenvalue weighted by Gasteiger charge is -2.29. The van der Waals surface area contributed by atoms with Crippen molar-refractivity contribution in [2.24, 2.45) is 11.8 Å². The molecule has 146 valence electrons. The molecule has 8 nitrogen and oxygen atoms in total. The fraction of sp³-hybridized carbons (Fsp3) is 0.350. The van der Waals surface area contributed by atoms with Crippen LogP contribution in [-0.4, -0.2) is 47.7 Å². The molecular weight excluding hydrogens is 362 g/mol. The van der Waals surface area contributed by atoms with Crippen molar-refractivity contribution < 1.29 is 24.7 Å². The second-order valence-electron chi connectivity index (χ2n) is 6.31. The van der Waals surface area contributed by atoms with E-state index in [2.05, 4.69) is 34.3 Å². The van der Waals surface area contributed by atoms with E-state index in [0.717, 1.165) is 12.8 Å². The van der Waals surface area contributed by atoms with Gasteiger partial charge in [0.2, 0.25) is 0 Å². The van der Waals surface area contributed by atoms with Gasteiger partial charge in [-0.05, 0) is 54.9 Å². The van der Waals surface area contributed by atoms with Crippen molar-refractivity contribution >= 4 is 17.7 Å². The molecule has 2 rings (SSSR count). The molecule has 0 bridgehead atoms. The molecule has 1 saturated carbocycles. The van der Waals surface area contributed by atoms with E-state index in [9.17, 15) is 14.4 Å². The standard InChI is InChI=1S/C20H21N3O5/c1-21-19(26)17(20(27)23-28)22-18(25)16-8-6-13(7-9-16)4-2-3-5-14-10-15(11-14)12-24/h6-9,14-15,17,24,28H,10-12H2,1H3,(H,21,26)(H,22,25)(H,23,27). The van der Waals surface area contributed by atoms with Crippen LogP contribution < -0.4 is 16.1 Å². The highest BCUT2D eigenvalue weighted by molar-refractivity contribution is 6.08. The number of hydrogen-bond acceptors (Lipinski definition) is 5. The average Bonchev–Trinajstić information content (AvgIpc) is 2.69. The molecule has 1 aliphatic rings. The monoisotopic (exact) mass is 383 g/mol. The quantitative estimate of drug-likeness (QED) is 0.201. The minimum absolute atomic E-state index is 0.207. The molecule has 28 heavy (non-hydrogen) atoms. The van der Waals surface area contributed by atoms with Gasteiger partial charge in [-0.1, -0.05) is 11.8 Å². The Hall–Kier alpha value is -3.33. The van der Waals surface area contributed by atoms with Crippen molar-refractivity contribution in [3.63, 3.8) is 0 Å². The predicted molar refractivity (Wildman–Crippen MR) is 99.6 cm³/mol. The third-order valence-electron chi connectivity index (χ3n) is 4.34. The van der Waals surface area contributed by atoms with E-state index in [4.69, 9.17) is 10.3 Å². The van der Waals surface area contributed by atoms with Gasteiger partial charge >= 0.3 is 0 Å². The Bertz CT molecular complexity index is 836. The van der Waals surface area contributed by atoms with E-state index < -0.39 is 23.8 Å². The Morgan fingerprint density at radius 1 is 1.14 bits per heavy atom. The zero-order valence-electron chi connectivity index (χ0n) is 15.3. The fourth-order valence-corrected chi connectivity index (χ4v) is 2.62. The average molecular weight is 383 g/mol. The number of benzene rings is 1. The lowest BCUT2D eigenvalue weighted by molar-refractivity contribution is -0.137. The van der Waals surface area contributed by atoms with Gasteiger partial charge in [0.05, 0.1) is 0 Å². The fourth-order valence-electron chi connectivity index (χ4n) is 2.62. The van der Waals surface area contributed by atoms with Crippen LogP contribution in [0.25, 0.3) is 0 Å². The molecule has 0 aliphatic heterocycles. The molecule has 1 atom stereocenters. The summed E-state index contributed by atoms with van der Waals surface area (Å²) in [6.45, 7) is 0.207. The maximum atomic E-state index is 12.2. The van der Waals surface area contributed by atoms with Crippen LogP contribution in [0.1, 0.15) is 28.8 Å². The summed E-state index contributed by atoms with van der Waals surface area (Å²) in [6.07, 6.45) is 1.81. The van der Waals surface area contributed by atoms with Crippen molar-refractivity contribution in [1.82, 2.24) is 16.1 Å². The summed E-state index contributed by atoms with van der Waals surface area (Å²) < 4.78 is 0. The van der Waals surface area contributed by atoms with E-state index in [0.29, 0.717) is 17.4 Å². The number of nitrogens with one attached hydrogen (secondary N) is 3. The van der Waals surface area contributed by atoms with Crippen molar-refractivity contribution in [2.45, 2.75) is 18.9 Å². The van der Waals surface area contributed by atoms with Gasteiger partial charge in [0.25, 0.3) is 17.7 Å². The molecule has 0 heterocycles. The molecular formula is C20H21N3O5. The predicted octanol–water partition coefficient (Wildman–Crippen LogP) is -0.590. The van der Waals surface area contributed by atoms with Crippen molar-refractivity contribution in [3.8, 4) is 23.7 Å². The highest BCUT2D eigenvalue weighted by Gasteiger charge is 2.28. The second-order valence-corrected chi connectivity index (χ2v) is 6.31. The summed E-state index contributed by atoms with van der Waals surface area (Å²) in [4.78, 5) is 35.4.